The average molecular weight is 175 g/mol. The first-order chi connectivity index (χ1) is 6.27. The van der Waals surface area contributed by atoms with Gasteiger partial charge < -0.3 is 4.98 Å². The van der Waals surface area contributed by atoms with Crippen molar-refractivity contribution in [1.82, 2.24) is 4.98 Å². The largest absolute Gasteiger partial charge is 0.361 e. The van der Waals surface area contributed by atoms with Crippen LogP contribution in [0, 0.1) is 12.7 Å². The molecule has 0 spiro atoms. The minimum absolute atomic E-state index is 0.178. The monoisotopic (exact) mass is 175 g/mol. The summed E-state index contributed by atoms with van der Waals surface area (Å²) in [5.74, 6) is -0.178. The molecule has 1 N–H and O–H groups in total. The second-order valence-corrected chi connectivity index (χ2v) is 3.07. The van der Waals surface area contributed by atoms with E-state index in [4.69, 9.17) is 0 Å². The van der Waals surface area contributed by atoms with Crippen LogP contribution in [0.4, 0.5) is 4.39 Å². The molecule has 0 aliphatic heterocycles. The zero-order valence-electron chi connectivity index (χ0n) is 7.34. The third-order valence-electron chi connectivity index (χ3n) is 2.01. The number of H-pyrrole nitrogens is 1. The molecule has 0 radical (unpaired) electrons. The topological polar surface area (TPSA) is 15.8 Å². The molecule has 0 fully saturated rings. The van der Waals surface area contributed by atoms with Crippen LogP contribution in [0.5, 0.6) is 0 Å². The number of aryl methyl sites for hydroxylation is 1. The number of aromatic amines is 1. The van der Waals surface area contributed by atoms with Crippen molar-refractivity contribution < 1.29 is 4.39 Å². The average Bonchev–Trinajstić information content (AvgIpc) is 2.56. The van der Waals surface area contributed by atoms with E-state index in [1.54, 1.807) is 12.3 Å². The van der Waals surface area contributed by atoms with Gasteiger partial charge in [-0.1, -0.05) is 6.07 Å². The first-order valence-electron chi connectivity index (χ1n) is 4.17. The Morgan fingerprint density at radius 1 is 1.23 bits per heavy atom. The molecule has 2 rings (SSSR count). The van der Waals surface area contributed by atoms with Gasteiger partial charge in [0.05, 0.1) is 0 Å². The fourth-order valence-corrected chi connectivity index (χ4v) is 1.34. The van der Waals surface area contributed by atoms with E-state index in [2.05, 4.69) is 4.98 Å². The second-order valence-electron chi connectivity index (χ2n) is 3.07. The van der Waals surface area contributed by atoms with E-state index in [1.807, 2.05) is 25.1 Å². The Hall–Kier alpha value is -1.57. The Morgan fingerprint density at radius 2 is 2.08 bits per heavy atom. The number of benzene rings is 1. The highest BCUT2D eigenvalue weighted by Crippen LogP contribution is 2.21. The van der Waals surface area contributed by atoms with Crippen molar-refractivity contribution in [1.29, 1.82) is 0 Å². The molecule has 0 atom stereocenters. The van der Waals surface area contributed by atoms with Crippen LogP contribution in [0.15, 0.2) is 36.5 Å². The third-order valence-corrected chi connectivity index (χ3v) is 2.01. The van der Waals surface area contributed by atoms with Crippen LogP contribution in [0.25, 0.3) is 11.3 Å². The van der Waals surface area contributed by atoms with Crippen molar-refractivity contribution >= 4 is 0 Å². The second kappa shape index (κ2) is 3.05. The van der Waals surface area contributed by atoms with Crippen molar-refractivity contribution in [2.45, 2.75) is 6.92 Å². The van der Waals surface area contributed by atoms with Gasteiger partial charge in [-0.05, 0) is 36.8 Å². The molecule has 66 valence electrons. The Labute approximate surface area is 76.2 Å². The Morgan fingerprint density at radius 3 is 2.69 bits per heavy atom. The molecule has 0 saturated heterocycles. The molecule has 1 nitrogen and oxygen atoms in total. The van der Waals surface area contributed by atoms with Crippen LogP contribution in [0.1, 0.15) is 5.56 Å². The number of hydrogen-bond donors (Lipinski definition) is 1. The van der Waals surface area contributed by atoms with Gasteiger partial charge in [0, 0.05) is 17.5 Å². The zero-order chi connectivity index (χ0) is 9.26. The molecule has 1 aromatic carbocycles. The molecule has 1 heterocycles. The molecule has 0 aliphatic carbocycles. The summed E-state index contributed by atoms with van der Waals surface area (Å²) in [6, 6.07) is 8.94. The quantitative estimate of drug-likeness (QED) is 0.685. The van der Waals surface area contributed by atoms with E-state index in [0.29, 0.717) is 5.56 Å². The predicted molar refractivity (Wildman–Crippen MR) is 50.9 cm³/mol. The van der Waals surface area contributed by atoms with Crippen molar-refractivity contribution in [3.63, 3.8) is 0 Å². The van der Waals surface area contributed by atoms with E-state index >= 15 is 0 Å². The van der Waals surface area contributed by atoms with Crippen molar-refractivity contribution in [2.24, 2.45) is 0 Å². The number of nitrogens with one attached hydrogen (secondary N) is 1. The lowest BCUT2D eigenvalue weighted by Gasteiger charge is -2.00. The highest BCUT2D eigenvalue weighted by Gasteiger charge is 2.04. The van der Waals surface area contributed by atoms with Gasteiger partial charge >= 0.3 is 0 Å². The van der Waals surface area contributed by atoms with Crippen molar-refractivity contribution in [3.8, 4) is 11.3 Å². The van der Waals surface area contributed by atoms with Gasteiger partial charge in [-0.3, -0.25) is 0 Å². The predicted octanol–water partition coefficient (Wildman–Crippen LogP) is 3.13. The van der Waals surface area contributed by atoms with E-state index in [0.717, 1.165) is 11.3 Å². The molecular formula is C11H10FN. The van der Waals surface area contributed by atoms with Crippen LogP contribution >= 0.6 is 0 Å². The van der Waals surface area contributed by atoms with Crippen LogP contribution in [0.2, 0.25) is 0 Å². The molecular weight excluding hydrogens is 165 g/mol. The molecule has 2 heteroatoms. The summed E-state index contributed by atoms with van der Waals surface area (Å²) in [6.45, 7) is 1.88. The Kier molecular flexibility index (Phi) is 1.89. The maximum absolute atomic E-state index is 13.4. The van der Waals surface area contributed by atoms with Crippen LogP contribution < -0.4 is 0 Å². The Bertz CT molecular complexity index is 404. The van der Waals surface area contributed by atoms with Crippen molar-refractivity contribution in [2.75, 3.05) is 0 Å². The number of aromatic nitrogens is 1. The molecule has 0 amide bonds. The first kappa shape index (κ1) is 8.05. The zero-order valence-corrected chi connectivity index (χ0v) is 7.34. The smallest absolute Gasteiger partial charge is 0.132 e. The fourth-order valence-electron chi connectivity index (χ4n) is 1.34. The maximum atomic E-state index is 13.4. The number of rotatable bonds is 1. The minimum Gasteiger partial charge on any atom is -0.361 e. The number of halogens is 1. The molecule has 0 unspecified atom stereocenters. The van der Waals surface area contributed by atoms with Gasteiger partial charge in [-0.2, -0.15) is 0 Å². The first-order valence-corrected chi connectivity index (χ1v) is 4.17. The minimum atomic E-state index is -0.178. The highest BCUT2D eigenvalue weighted by atomic mass is 19.1. The lowest BCUT2D eigenvalue weighted by molar-refractivity contribution is 0.629. The summed E-state index contributed by atoms with van der Waals surface area (Å²) >= 11 is 0. The van der Waals surface area contributed by atoms with Crippen molar-refractivity contribution in [3.05, 3.63) is 47.9 Å². The summed E-state index contributed by atoms with van der Waals surface area (Å²) in [5.41, 5.74) is 2.38. The van der Waals surface area contributed by atoms with Crippen LogP contribution in [-0.4, -0.2) is 4.98 Å². The summed E-state index contributed by atoms with van der Waals surface area (Å²) in [7, 11) is 0. The molecule has 2 aromatic rings. The summed E-state index contributed by atoms with van der Waals surface area (Å²) < 4.78 is 13.4. The lowest BCUT2D eigenvalue weighted by Crippen LogP contribution is -1.84. The SMILES string of the molecule is Cc1ccc(-c2ccc[nH]2)c(F)c1. The highest BCUT2D eigenvalue weighted by molar-refractivity contribution is 5.60. The van der Waals surface area contributed by atoms with E-state index in [1.165, 1.54) is 6.07 Å². The molecule has 13 heavy (non-hydrogen) atoms. The molecule has 0 saturated carbocycles. The van der Waals surface area contributed by atoms with Gasteiger partial charge in [0.25, 0.3) is 0 Å². The van der Waals surface area contributed by atoms with E-state index in [-0.39, 0.29) is 5.82 Å². The maximum Gasteiger partial charge on any atom is 0.132 e. The van der Waals surface area contributed by atoms with Gasteiger partial charge in [-0.25, -0.2) is 4.39 Å². The fraction of sp³-hybridized carbons (Fsp3) is 0.0909. The van der Waals surface area contributed by atoms with Gasteiger partial charge in [0.1, 0.15) is 5.82 Å². The van der Waals surface area contributed by atoms with E-state index < -0.39 is 0 Å². The summed E-state index contributed by atoms with van der Waals surface area (Å²) in [4.78, 5) is 2.97. The van der Waals surface area contributed by atoms with Crippen LogP contribution in [0.3, 0.4) is 0 Å². The van der Waals surface area contributed by atoms with E-state index in [9.17, 15) is 4.39 Å². The van der Waals surface area contributed by atoms with Crippen LogP contribution in [-0.2, 0) is 0 Å². The third kappa shape index (κ3) is 1.47. The summed E-state index contributed by atoms with van der Waals surface area (Å²) in [6.07, 6.45) is 1.79. The lowest BCUT2D eigenvalue weighted by atomic mass is 10.1. The standard InChI is InChI=1S/C11H10FN/c1-8-4-5-9(10(12)7-8)11-3-2-6-13-11/h2-7,13H,1H3. The molecule has 1 aromatic heterocycles. The molecule has 0 aliphatic rings. The molecule has 0 bridgehead atoms. The Balaban J connectivity index is 2.53. The van der Waals surface area contributed by atoms with Gasteiger partial charge in [0.15, 0.2) is 0 Å². The normalized spacial score (nSPS) is 10.3. The summed E-state index contributed by atoms with van der Waals surface area (Å²) in [5, 5.41) is 0. The van der Waals surface area contributed by atoms with Gasteiger partial charge in [0.2, 0.25) is 0 Å². The van der Waals surface area contributed by atoms with Gasteiger partial charge in [-0.15, -0.1) is 0 Å². The number of hydrogen-bond acceptors (Lipinski definition) is 0.